The number of hydrogen-bond donors (Lipinski definition) is 3. The SMILES string of the molecule is C/C(N=Nc1c(C#N)cnn1-c1nc(-n2ncc(C#N)c2N=N/C(C)=C(\O)N(c2ccccc2)N(C=O)c2ccccc2)nc(-n2ncc(C#N)c2N=Nc2c(O)n(-c3ccccc3)n(-c3ccccc3)c2=O)n1)=C(/O)N(c1ccccc1)N(C=O)c1ccccc1. The van der Waals surface area contributed by atoms with E-state index >= 15 is 0 Å². The van der Waals surface area contributed by atoms with Crippen LogP contribution in [-0.2, 0) is 9.59 Å². The molecule has 0 bridgehead atoms. The van der Waals surface area contributed by atoms with Crippen molar-refractivity contribution in [2.45, 2.75) is 13.8 Å². The number of hydrogen-bond acceptors (Lipinski definition) is 23. The lowest BCUT2D eigenvalue weighted by Gasteiger charge is -2.32. The summed E-state index contributed by atoms with van der Waals surface area (Å²) in [6.07, 6.45) is 4.29. The predicted molar refractivity (Wildman–Crippen MR) is 330 cm³/mol. The Hall–Kier alpha value is -14.3. The first-order valence-electron chi connectivity index (χ1n) is 27.2. The summed E-state index contributed by atoms with van der Waals surface area (Å²) in [5.74, 6) is -4.30. The number of aromatic hydroxyl groups is 1. The minimum Gasteiger partial charge on any atom is -0.492 e. The van der Waals surface area contributed by atoms with E-state index in [0.717, 1.165) is 42.7 Å². The van der Waals surface area contributed by atoms with Gasteiger partial charge in [0.15, 0.2) is 17.5 Å². The van der Waals surface area contributed by atoms with E-state index < -0.39 is 52.6 Å². The van der Waals surface area contributed by atoms with Gasteiger partial charge in [0.05, 0.1) is 52.7 Å². The number of nitrogens with zero attached hydrogens (tertiary/aromatic N) is 24. The molecule has 0 aliphatic carbocycles. The molecule has 2 amide bonds. The van der Waals surface area contributed by atoms with E-state index in [1.54, 1.807) is 182 Å². The van der Waals surface area contributed by atoms with Gasteiger partial charge in [0.2, 0.25) is 36.2 Å². The number of carbonyl (C=O) groups is 2. The van der Waals surface area contributed by atoms with Crippen molar-refractivity contribution in [3.8, 4) is 53.3 Å². The van der Waals surface area contributed by atoms with E-state index in [4.69, 9.17) is 0 Å². The highest BCUT2D eigenvalue weighted by Gasteiger charge is 2.29. The first kappa shape index (κ1) is 59.4. The fourth-order valence-corrected chi connectivity index (χ4v) is 8.98. The summed E-state index contributed by atoms with van der Waals surface area (Å²) in [6.45, 7) is 2.78. The number of aliphatic hydroxyl groups excluding tert-OH is 2. The van der Waals surface area contributed by atoms with E-state index in [1.807, 2.05) is 18.2 Å². The summed E-state index contributed by atoms with van der Waals surface area (Å²) in [4.78, 5) is 53.9. The lowest BCUT2D eigenvalue weighted by molar-refractivity contribution is -0.108. The highest BCUT2D eigenvalue weighted by atomic mass is 16.3. The third-order valence-corrected chi connectivity index (χ3v) is 13.3. The molecule has 0 aliphatic heterocycles. The van der Waals surface area contributed by atoms with Gasteiger partial charge < -0.3 is 15.3 Å². The number of azo groups is 3. The predicted octanol–water partition coefficient (Wildman–Crippen LogP) is 10.9. The molecular formula is C62H44N24O6. The van der Waals surface area contributed by atoms with Crippen LogP contribution in [0.5, 0.6) is 5.88 Å². The molecule has 0 spiro atoms. The molecule has 5 heterocycles. The molecule has 6 aromatic carbocycles. The fourth-order valence-electron chi connectivity index (χ4n) is 8.98. The maximum absolute atomic E-state index is 14.4. The zero-order chi connectivity index (χ0) is 64.3. The maximum atomic E-state index is 14.4. The van der Waals surface area contributed by atoms with E-state index in [-0.39, 0.29) is 39.7 Å². The van der Waals surface area contributed by atoms with E-state index in [2.05, 4.69) is 60.9 Å². The first-order chi connectivity index (χ1) is 45.0. The highest BCUT2D eigenvalue weighted by molar-refractivity contribution is 5.82. The molecule has 0 unspecified atom stereocenters. The summed E-state index contributed by atoms with van der Waals surface area (Å²) in [5.41, 5.74) is -0.237. The number of nitriles is 3. The van der Waals surface area contributed by atoms with Gasteiger partial charge in [-0.15, -0.1) is 30.7 Å². The Balaban J connectivity index is 1.07. The number of para-hydroxylation sites is 6. The molecule has 0 fully saturated rings. The van der Waals surface area contributed by atoms with Crippen LogP contribution in [0.1, 0.15) is 30.5 Å². The third-order valence-electron chi connectivity index (χ3n) is 13.3. The standard InChI is InChI=1S/C62H44N24O6/c1-41(56(89)83(48-25-13-5-14-26-48)78(39-87)46-21-9-3-10-22-46)72-75-53-43(33-63)36-66-80(53)60-69-61(81-54(44(34-64)37-67-81)76-73-42(2)57(90)84(49-27-15-6-16-28-49)79(40-88)47-23-11-4-12-24-47)71-62(70-60)82-55(45(35-65)38-68-82)77-74-52-58(91)85(50-29-17-7-18-30-50)86(59(52)92)51-31-19-8-20-32-51/h3-32,36-40,89-91H,1-2H3/b56-41-,57-42-,75-72?,76-73?,77-74?. The smallest absolute Gasteiger partial charge is 0.303 e. The van der Waals surface area contributed by atoms with Gasteiger partial charge >= 0.3 is 5.56 Å². The lowest BCUT2D eigenvalue weighted by atomic mass is 10.3. The third kappa shape index (κ3) is 11.7. The van der Waals surface area contributed by atoms with Gasteiger partial charge in [-0.1, -0.05) is 109 Å². The van der Waals surface area contributed by atoms with Gasteiger partial charge in [0.25, 0.3) is 17.8 Å². The van der Waals surface area contributed by atoms with Gasteiger partial charge in [-0.2, -0.15) is 60.1 Å². The number of benzene rings is 6. The Morgan fingerprint density at radius 1 is 0.457 bits per heavy atom. The van der Waals surface area contributed by atoms with Crippen molar-refractivity contribution in [1.82, 2.24) is 53.7 Å². The number of hydrazine groups is 2. The maximum Gasteiger partial charge on any atom is 0.303 e. The Labute approximate surface area is 519 Å². The van der Waals surface area contributed by atoms with Gasteiger partial charge in [-0.05, 0) is 86.6 Å². The van der Waals surface area contributed by atoms with Crippen molar-refractivity contribution in [3.63, 3.8) is 0 Å². The quantitative estimate of drug-likeness (QED) is 0.0260. The van der Waals surface area contributed by atoms with E-state index in [9.17, 15) is 45.5 Å². The summed E-state index contributed by atoms with van der Waals surface area (Å²) >= 11 is 0. The molecule has 0 saturated heterocycles. The summed E-state index contributed by atoms with van der Waals surface area (Å²) in [7, 11) is 0. The number of aromatic nitrogens is 11. The number of amides is 2. The van der Waals surface area contributed by atoms with E-state index in [1.165, 1.54) is 33.2 Å². The number of rotatable bonds is 21. The number of carbonyl (C=O) groups excluding carboxylic acids is 2. The number of allylic oxidation sites excluding steroid dienone is 2. The molecule has 448 valence electrons. The second-order valence-corrected chi connectivity index (χ2v) is 19.0. The largest absolute Gasteiger partial charge is 0.492 e. The molecular weight excluding hydrogens is 1180 g/mol. The van der Waals surface area contributed by atoms with Crippen LogP contribution in [0.15, 0.2) is 259 Å². The van der Waals surface area contributed by atoms with Crippen LogP contribution in [0.4, 0.5) is 45.9 Å². The van der Waals surface area contributed by atoms with Crippen LogP contribution < -0.4 is 25.6 Å². The molecule has 3 N–H and O–H groups in total. The fraction of sp³-hybridized carbons (Fsp3) is 0.0323. The first-order valence-corrected chi connectivity index (χ1v) is 27.2. The zero-order valence-electron chi connectivity index (χ0n) is 48.0. The molecule has 30 nitrogen and oxygen atoms in total. The van der Waals surface area contributed by atoms with Gasteiger partial charge in [-0.3, -0.25) is 14.4 Å². The van der Waals surface area contributed by atoms with Gasteiger partial charge in [0.1, 0.15) is 46.3 Å². The molecule has 0 atom stereocenters. The summed E-state index contributed by atoms with van der Waals surface area (Å²) in [6, 6.07) is 56.6. The minimum absolute atomic E-state index is 0.182. The van der Waals surface area contributed by atoms with E-state index in [0.29, 0.717) is 46.9 Å². The Bertz CT molecular complexity index is 4690. The van der Waals surface area contributed by atoms with Crippen LogP contribution in [0.3, 0.4) is 0 Å². The van der Waals surface area contributed by atoms with Crippen molar-refractivity contribution in [3.05, 3.63) is 251 Å². The Morgan fingerprint density at radius 2 is 0.772 bits per heavy atom. The molecule has 30 heteroatoms. The molecule has 0 saturated carbocycles. The zero-order valence-corrected chi connectivity index (χ0v) is 48.0. The topological polar surface area (TPSA) is 372 Å². The highest BCUT2D eigenvalue weighted by Crippen LogP contribution is 2.34. The number of aliphatic hydroxyl groups is 2. The van der Waals surface area contributed by atoms with Crippen molar-refractivity contribution < 1.29 is 24.9 Å². The molecule has 11 rings (SSSR count). The van der Waals surface area contributed by atoms with Crippen molar-refractivity contribution in [1.29, 1.82) is 15.8 Å². The molecule has 0 aliphatic rings. The second kappa shape index (κ2) is 26.5. The van der Waals surface area contributed by atoms with Crippen LogP contribution in [0.2, 0.25) is 0 Å². The average Bonchev–Trinajstić information content (AvgIpc) is 1.61. The second-order valence-electron chi connectivity index (χ2n) is 19.0. The Morgan fingerprint density at radius 3 is 1.11 bits per heavy atom. The molecule has 0 radical (unpaired) electrons. The number of anilines is 4. The normalized spacial score (nSPS) is 11.8. The minimum atomic E-state index is -0.815. The lowest BCUT2D eigenvalue weighted by Crippen LogP contribution is -2.42. The van der Waals surface area contributed by atoms with Crippen LogP contribution in [0, 0.1) is 34.0 Å². The van der Waals surface area contributed by atoms with Crippen LogP contribution in [0.25, 0.3) is 29.2 Å². The van der Waals surface area contributed by atoms with Crippen LogP contribution in [-0.4, -0.2) is 81.8 Å². The van der Waals surface area contributed by atoms with Crippen molar-refractivity contribution >= 4 is 58.7 Å². The molecule has 11 aromatic rings. The van der Waals surface area contributed by atoms with Gasteiger partial charge in [0, 0.05) is 0 Å². The summed E-state index contributed by atoms with van der Waals surface area (Å²) in [5, 5.41) is 111. The van der Waals surface area contributed by atoms with Crippen molar-refractivity contribution in [2.75, 3.05) is 20.0 Å². The van der Waals surface area contributed by atoms with Gasteiger partial charge in [-0.25, -0.2) is 29.4 Å². The van der Waals surface area contributed by atoms with Crippen molar-refractivity contribution in [2.24, 2.45) is 30.7 Å². The average molecular weight is 1220 g/mol. The Kier molecular flexibility index (Phi) is 17.1. The monoisotopic (exact) mass is 1220 g/mol. The summed E-state index contributed by atoms with van der Waals surface area (Å²) < 4.78 is 5.24. The molecule has 5 aromatic heterocycles. The molecule has 92 heavy (non-hydrogen) atoms. The van der Waals surface area contributed by atoms with Crippen LogP contribution >= 0.6 is 0 Å².